The number of benzene rings is 1. The number of thiazole rings is 1. The van der Waals surface area contributed by atoms with E-state index in [4.69, 9.17) is 4.98 Å². The first-order valence-corrected chi connectivity index (χ1v) is 8.75. The summed E-state index contributed by atoms with van der Waals surface area (Å²) in [4.78, 5) is 6.30. The zero-order chi connectivity index (χ0) is 14.8. The first kappa shape index (κ1) is 14.7. The average molecular weight is 300 g/mol. The number of rotatable bonds is 3. The lowest BCUT2D eigenvalue weighted by Gasteiger charge is -2.20. The molecular weight excluding hydrogens is 276 g/mol. The summed E-state index contributed by atoms with van der Waals surface area (Å²) < 4.78 is 0. The summed E-state index contributed by atoms with van der Waals surface area (Å²) in [6.45, 7) is 8.90. The van der Waals surface area contributed by atoms with E-state index in [-0.39, 0.29) is 0 Å². The van der Waals surface area contributed by atoms with Gasteiger partial charge in [0, 0.05) is 22.9 Å². The highest BCUT2D eigenvalue weighted by Crippen LogP contribution is 2.34. The van der Waals surface area contributed by atoms with Gasteiger partial charge in [0.2, 0.25) is 0 Å². The second-order valence-electron chi connectivity index (χ2n) is 6.28. The zero-order valence-electron chi connectivity index (χ0n) is 13.1. The van der Waals surface area contributed by atoms with Crippen LogP contribution in [0.4, 0.5) is 0 Å². The molecule has 3 rings (SSSR count). The predicted octanol–water partition coefficient (Wildman–Crippen LogP) is 4.71. The number of nitrogens with one attached hydrogen (secondary N) is 1. The van der Waals surface area contributed by atoms with Crippen LogP contribution in [0.1, 0.15) is 54.0 Å². The highest BCUT2D eigenvalue weighted by molar-refractivity contribution is 7.12. The standard InChI is InChI=1S/C18H24N2S/c1-12(2)14-6-8-15(9-7-14)17-13(3)21-18(20-17)16-5-4-10-19-11-16/h6-9,12,16,19H,4-5,10-11H2,1-3H3. The minimum absolute atomic E-state index is 0.583. The number of hydrogen-bond donors (Lipinski definition) is 1. The van der Waals surface area contributed by atoms with Crippen LogP contribution in [0.5, 0.6) is 0 Å². The van der Waals surface area contributed by atoms with Crippen LogP contribution >= 0.6 is 11.3 Å². The Morgan fingerprint density at radius 3 is 2.62 bits per heavy atom. The van der Waals surface area contributed by atoms with E-state index >= 15 is 0 Å². The molecule has 2 nitrogen and oxygen atoms in total. The number of piperidine rings is 1. The topological polar surface area (TPSA) is 24.9 Å². The van der Waals surface area contributed by atoms with Crippen molar-refractivity contribution in [2.24, 2.45) is 0 Å². The number of aryl methyl sites for hydroxylation is 1. The van der Waals surface area contributed by atoms with Crippen molar-refractivity contribution in [3.8, 4) is 11.3 Å². The van der Waals surface area contributed by atoms with Gasteiger partial charge in [-0.2, -0.15) is 0 Å². The highest BCUT2D eigenvalue weighted by Gasteiger charge is 2.20. The Morgan fingerprint density at radius 2 is 2.00 bits per heavy atom. The molecule has 0 spiro atoms. The van der Waals surface area contributed by atoms with E-state index in [1.165, 1.54) is 39.5 Å². The first-order valence-electron chi connectivity index (χ1n) is 7.93. The summed E-state index contributed by atoms with van der Waals surface area (Å²) in [5.41, 5.74) is 3.82. The maximum Gasteiger partial charge on any atom is 0.0978 e. The van der Waals surface area contributed by atoms with Crippen molar-refractivity contribution in [1.29, 1.82) is 0 Å². The lowest BCUT2D eigenvalue weighted by atomic mass is 10.00. The second kappa shape index (κ2) is 6.29. The molecule has 21 heavy (non-hydrogen) atoms. The van der Waals surface area contributed by atoms with E-state index < -0.39 is 0 Å². The van der Waals surface area contributed by atoms with E-state index in [0.717, 1.165) is 13.1 Å². The molecule has 1 fully saturated rings. The molecule has 1 aliphatic heterocycles. The van der Waals surface area contributed by atoms with Crippen LogP contribution in [-0.4, -0.2) is 18.1 Å². The predicted molar refractivity (Wildman–Crippen MR) is 91.2 cm³/mol. The van der Waals surface area contributed by atoms with Crippen molar-refractivity contribution in [3.63, 3.8) is 0 Å². The van der Waals surface area contributed by atoms with Gasteiger partial charge in [-0.3, -0.25) is 0 Å². The van der Waals surface area contributed by atoms with Gasteiger partial charge in [0.05, 0.1) is 10.7 Å². The fourth-order valence-electron chi connectivity index (χ4n) is 2.95. The average Bonchev–Trinajstić information content (AvgIpc) is 2.90. The summed E-state index contributed by atoms with van der Waals surface area (Å²) in [6, 6.07) is 8.92. The van der Waals surface area contributed by atoms with Gasteiger partial charge >= 0.3 is 0 Å². The van der Waals surface area contributed by atoms with Crippen molar-refractivity contribution in [2.75, 3.05) is 13.1 Å². The fourth-order valence-corrected chi connectivity index (χ4v) is 4.03. The molecule has 1 aliphatic rings. The molecule has 1 N–H and O–H groups in total. The molecule has 0 aliphatic carbocycles. The van der Waals surface area contributed by atoms with Crippen LogP contribution < -0.4 is 5.32 Å². The van der Waals surface area contributed by atoms with E-state index in [0.29, 0.717) is 11.8 Å². The molecule has 0 amide bonds. The molecule has 0 saturated carbocycles. The Labute approximate surface area is 131 Å². The van der Waals surface area contributed by atoms with E-state index in [1.54, 1.807) is 0 Å². The highest BCUT2D eigenvalue weighted by atomic mass is 32.1. The van der Waals surface area contributed by atoms with Gasteiger partial charge in [-0.05, 0) is 37.8 Å². The minimum Gasteiger partial charge on any atom is -0.316 e. The number of aromatic nitrogens is 1. The van der Waals surface area contributed by atoms with Crippen LogP contribution in [0.25, 0.3) is 11.3 Å². The molecule has 3 heteroatoms. The maximum atomic E-state index is 4.96. The van der Waals surface area contributed by atoms with Crippen LogP contribution in [-0.2, 0) is 0 Å². The molecule has 1 aromatic heterocycles. The molecule has 2 heterocycles. The van der Waals surface area contributed by atoms with Gasteiger partial charge < -0.3 is 5.32 Å². The van der Waals surface area contributed by atoms with Crippen molar-refractivity contribution < 1.29 is 0 Å². The molecule has 1 unspecified atom stereocenters. The van der Waals surface area contributed by atoms with E-state index in [1.807, 2.05) is 11.3 Å². The van der Waals surface area contributed by atoms with Crippen molar-refractivity contribution >= 4 is 11.3 Å². The summed E-state index contributed by atoms with van der Waals surface area (Å²) in [6.07, 6.45) is 2.54. The summed E-state index contributed by atoms with van der Waals surface area (Å²) in [5, 5.41) is 4.80. The smallest absolute Gasteiger partial charge is 0.0978 e. The summed E-state index contributed by atoms with van der Waals surface area (Å²) in [7, 11) is 0. The van der Waals surface area contributed by atoms with Gasteiger partial charge in [-0.25, -0.2) is 4.98 Å². The lowest BCUT2D eigenvalue weighted by molar-refractivity contribution is 0.460. The minimum atomic E-state index is 0.583. The lowest BCUT2D eigenvalue weighted by Crippen LogP contribution is -2.28. The fraction of sp³-hybridized carbons (Fsp3) is 0.500. The largest absolute Gasteiger partial charge is 0.316 e. The van der Waals surface area contributed by atoms with Gasteiger partial charge in [0.25, 0.3) is 0 Å². The van der Waals surface area contributed by atoms with Crippen LogP contribution in [0, 0.1) is 6.92 Å². The molecule has 0 bridgehead atoms. The van der Waals surface area contributed by atoms with E-state index in [2.05, 4.69) is 50.4 Å². The third kappa shape index (κ3) is 3.19. The number of nitrogens with zero attached hydrogens (tertiary/aromatic N) is 1. The van der Waals surface area contributed by atoms with Crippen LogP contribution in [0.3, 0.4) is 0 Å². The third-order valence-corrected chi connectivity index (χ3v) is 5.44. The van der Waals surface area contributed by atoms with Gasteiger partial charge in [-0.1, -0.05) is 38.1 Å². The normalized spacial score (nSPS) is 19.1. The van der Waals surface area contributed by atoms with Gasteiger partial charge in [0.1, 0.15) is 0 Å². The molecule has 2 aromatic rings. The Bertz CT molecular complexity index is 592. The molecule has 0 radical (unpaired) electrons. The summed E-state index contributed by atoms with van der Waals surface area (Å²) in [5.74, 6) is 1.19. The van der Waals surface area contributed by atoms with Crippen LogP contribution in [0.2, 0.25) is 0 Å². The Kier molecular flexibility index (Phi) is 4.41. The molecule has 1 saturated heterocycles. The quantitative estimate of drug-likeness (QED) is 0.888. The third-order valence-electron chi connectivity index (χ3n) is 4.31. The maximum absolute atomic E-state index is 4.96. The monoisotopic (exact) mass is 300 g/mol. The van der Waals surface area contributed by atoms with E-state index in [9.17, 15) is 0 Å². The SMILES string of the molecule is Cc1sc(C2CCCNC2)nc1-c1ccc(C(C)C)cc1. The molecule has 112 valence electrons. The summed E-state index contributed by atoms with van der Waals surface area (Å²) >= 11 is 1.88. The Balaban J connectivity index is 1.86. The Morgan fingerprint density at radius 1 is 1.24 bits per heavy atom. The van der Waals surface area contributed by atoms with Gasteiger partial charge in [-0.15, -0.1) is 11.3 Å². The van der Waals surface area contributed by atoms with Crippen LogP contribution in [0.15, 0.2) is 24.3 Å². The van der Waals surface area contributed by atoms with Crippen molar-refractivity contribution in [3.05, 3.63) is 39.7 Å². The second-order valence-corrected chi connectivity index (χ2v) is 7.51. The molecule has 1 atom stereocenters. The van der Waals surface area contributed by atoms with Crippen molar-refractivity contribution in [2.45, 2.75) is 45.4 Å². The zero-order valence-corrected chi connectivity index (χ0v) is 14.0. The number of hydrogen-bond acceptors (Lipinski definition) is 3. The molecule has 1 aromatic carbocycles. The van der Waals surface area contributed by atoms with Crippen molar-refractivity contribution in [1.82, 2.24) is 10.3 Å². The molecular formula is C18H24N2S. The first-order chi connectivity index (χ1) is 10.1. The van der Waals surface area contributed by atoms with Gasteiger partial charge in [0.15, 0.2) is 0 Å². The Hall–Kier alpha value is -1.19.